The molecule has 0 aromatic heterocycles. The average molecular weight is 234 g/mol. The van der Waals surface area contributed by atoms with Crippen molar-refractivity contribution in [2.45, 2.75) is 19.8 Å². The van der Waals surface area contributed by atoms with Crippen LogP contribution in [0, 0.1) is 18.8 Å². The largest absolute Gasteiger partial charge is 0.481 e. The van der Waals surface area contributed by atoms with Crippen molar-refractivity contribution in [2.75, 3.05) is 13.2 Å². The fraction of sp³-hybridized carbons (Fsp3) is 0.500. The van der Waals surface area contributed by atoms with E-state index in [-0.39, 0.29) is 11.8 Å². The molecule has 92 valence electrons. The zero-order valence-electron chi connectivity index (χ0n) is 10.1. The predicted molar refractivity (Wildman–Crippen MR) is 64.9 cm³/mol. The fourth-order valence-corrected chi connectivity index (χ4v) is 2.42. The van der Waals surface area contributed by atoms with Crippen LogP contribution < -0.4 is 0 Å². The van der Waals surface area contributed by atoms with Crippen LogP contribution in [0.2, 0.25) is 0 Å². The van der Waals surface area contributed by atoms with Gasteiger partial charge in [-0.05, 0) is 31.2 Å². The van der Waals surface area contributed by atoms with Crippen molar-refractivity contribution in [1.82, 2.24) is 0 Å². The van der Waals surface area contributed by atoms with Crippen molar-refractivity contribution < 1.29 is 14.6 Å². The summed E-state index contributed by atoms with van der Waals surface area (Å²) in [6.07, 6.45) is 1.47. The molecule has 0 radical (unpaired) electrons. The average Bonchev–Trinajstić information content (AvgIpc) is 2.78. The summed E-state index contributed by atoms with van der Waals surface area (Å²) in [5.41, 5.74) is 2.28. The number of carbonyl (C=O) groups is 1. The van der Waals surface area contributed by atoms with E-state index in [0.717, 1.165) is 12.0 Å². The maximum absolute atomic E-state index is 11.3. The van der Waals surface area contributed by atoms with Crippen molar-refractivity contribution in [3.63, 3.8) is 0 Å². The van der Waals surface area contributed by atoms with Crippen LogP contribution in [0.1, 0.15) is 17.5 Å². The van der Waals surface area contributed by atoms with Gasteiger partial charge in [-0.15, -0.1) is 0 Å². The van der Waals surface area contributed by atoms with Gasteiger partial charge in [0.05, 0.1) is 12.5 Å². The van der Waals surface area contributed by atoms with Crippen molar-refractivity contribution in [1.29, 1.82) is 0 Å². The van der Waals surface area contributed by atoms with Gasteiger partial charge in [-0.25, -0.2) is 0 Å². The van der Waals surface area contributed by atoms with Gasteiger partial charge in [0, 0.05) is 6.61 Å². The highest BCUT2D eigenvalue weighted by molar-refractivity contribution is 5.71. The Balaban J connectivity index is 2.09. The topological polar surface area (TPSA) is 46.5 Å². The first-order valence-electron chi connectivity index (χ1n) is 6.03. The second kappa shape index (κ2) is 5.32. The number of benzene rings is 1. The molecule has 0 bridgehead atoms. The van der Waals surface area contributed by atoms with Crippen LogP contribution in [-0.4, -0.2) is 24.3 Å². The molecule has 1 saturated heterocycles. The molecule has 1 aromatic rings. The number of aliphatic carboxylic acids is 1. The van der Waals surface area contributed by atoms with Gasteiger partial charge < -0.3 is 9.84 Å². The lowest BCUT2D eigenvalue weighted by Crippen LogP contribution is -2.26. The van der Waals surface area contributed by atoms with Crippen LogP contribution in [0.15, 0.2) is 24.3 Å². The Labute approximate surface area is 101 Å². The maximum Gasteiger partial charge on any atom is 0.307 e. The number of hydrogen-bond donors (Lipinski definition) is 1. The Morgan fingerprint density at radius 2 is 2.41 bits per heavy atom. The standard InChI is InChI=1S/C14H18O3/c1-10-3-2-4-11(7-10)8-13(14(15)16)12-5-6-17-9-12/h2-4,7,12-13H,5-6,8-9H2,1H3,(H,15,16). The van der Waals surface area contributed by atoms with E-state index in [0.29, 0.717) is 19.6 Å². The van der Waals surface area contributed by atoms with Crippen molar-refractivity contribution in [2.24, 2.45) is 11.8 Å². The van der Waals surface area contributed by atoms with E-state index >= 15 is 0 Å². The summed E-state index contributed by atoms with van der Waals surface area (Å²) >= 11 is 0. The highest BCUT2D eigenvalue weighted by atomic mass is 16.5. The molecule has 3 nitrogen and oxygen atoms in total. The third kappa shape index (κ3) is 3.07. The zero-order chi connectivity index (χ0) is 12.3. The van der Waals surface area contributed by atoms with Gasteiger partial charge in [-0.2, -0.15) is 0 Å². The zero-order valence-corrected chi connectivity index (χ0v) is 10.1. The molecule has 2 unspecified atom stereocenters. The van der Waals surface area contributed by atoms with Gasteiger partial charge in [0.25, 0.3) is 0 Å². The van der Waals surface area contributed by atoms with E-state index in [1.807, 2.05) is 25.1 Å². The molecule has 0 saturated carbocycles. The van der Waals surface area contributed by atoms with Gasteiger partial charge in [-0.3, -0.25) is 4.79 Å². The van der Waals surface area contributed by atoms with Gasteiger partial charge >= 0.3 is 5.97 Å². The van der Waals surface area contributed by atoms with Gasteiger partial charge in [0.2, 0.25) is 0 Å². The minimum atomic E-state index is -0.706. The predicted octanol–water partition coefficient (Wildman–Crippen LogP) is 2.27. The van der Waals surface area contributed by atoms with E-state index in [1.165, 1.54) is 5.56 Å². The summed E-state index contributed by atoms with van der Waals surface area (Å²) in [5.74, 6) is -0.866. The second-order valence-electron chi connectivity index (χ2n) is 4.76. The summed E-state index contributed by atoms with van der Waals surface area (Å²) in [6, 6.07) is 8.07. The lowest BCUT2D eigenvalue weighted by Gasteiger charge is -2.18. The molecule has 0 amide bonds. The van der Waals surface area contributed by atoms with E-state index in [1.54, 1.807) is 0 Å². The molecule has 1 heterocycles. The number of aryl methyl sites for hydroxylation is 1. The fourth-order valence-electron chi connectivity index (χ4n) is 2.42. The summed E-state index contributed by atoms with van der Waals surface area (Å²) < 4.78 is 5.29. The summed E-state index contributed by atoms with van der Waals surface area (Å²) in [4.78, 5) is 11.3. The first-order valence-corrected chi connectivity index (χ1v) is 6.03. The maximum atomic E-state index is 11.3. The molecule has 0 aliphatic carbocycles. The molecular weight excluding hydrogens is 216 g/mol. The quantitative estimate of drug-likeness (QED) is 0.869. The highest BCUT2D eigenvalue weighted by Gasteiger charge is 2.31. The first kappa shape index (κ1) is 12.1. The Hall–Kier alpha value is -1.35. The molecular formula is C14H18O3. The highest BCUT2D eigenvalue weighted by Crippen LogP contribution is 2.26. The summed E-state index contributed by atoms with van der Waals surface area (Å²) in [5, 5.41) is 9.31. The van der Waals surface area contributed by atoms with Crippen molar-refractivity contribution in [3.05, 3.63) is 35.4 Å². The monoisotopic (exact) mass is 234 g/mol. The van der Waals surface area contributed by atoms with E-state index in [2.05, 4.69) is 6.07 Å². The number of rotatable bonds is 4. The van der Waals surface area contributed by atoms with Crippen LogP contribution in [0.5, 0.6) is 0 Å². The minimum Gasteiger partial charge on any atom is -0.481 e. The molecule has 2 atom stereocenters. The number of hydrogen-bond acceptors (Lipinski definition) is 2. The van der Waals surface area contributed by atoms with Crippen LogP contribution in [0.25, 0.3) is 0 Å². The molecule has 1 N–H and O–H groups in total. The Kier molecular flexibility index (Phi) is 3.79. The third-order valence-corrected chi connectivity index (χ3v) is 3.39. The number of carboxylic acids is 1. The Bertz CT molecular complexity index is 394. The second-order valence-corrected chi connectivity index (χ2v) is 4.76. The molecule has 3 heteroatoms. The van der Waals surface area contributed by atoms with Gasteiger partial charge in [-0.1, -0.05) is 29.8 Å². The lowest BCUT2D eigenvalue weighted by molar-refractivity contribution is -0.143. The molecule has 1 fully saturated rings. The van der Waals surface area contributed by atoms with E-state index in [4.69, 9.17) is 4.74 Å². The van der Waals surface area contributed by atoms with Crippen LogP contribution in [-0.2, 0) is 16.0 Å². The Morgan fingerprint density at radius 1 is 1.59 bits per heavy atom. The minimum absolute atomic E-state index is 0.160. The van der Waals surface area contributed by atoms with Crippen molar-refractivity contribution in [3.8, 4) is 0 Å². The molecule has 0 spiro atoms. The molecule has 1 aliphatic heterocycles. The lowest BCUT2D eigenvalue weighted by atomic mass is 9.86. The number of carboxylic acid groups (broad SMARTS) is 1. The Morgan fingerprint density at radius 3 is 3.00 bits per heavy atom. The SMILES string of the molecule is Cc1cccc(CC(C(=O)O)C2CCOC2)c1. The molecule has 1 aromatic carbocycles. The number of ether oxygens (including phenoxy) is 1. The van der Waals surface area contributed by atoms with Gasteiger partial charge in [0.1, 0.15) is 0 Å². The van der Waals surface area contributed by atoms with Crippen LogP contribution in [0.3, 0.4) is 0 Å². The van der Waals surface area contributed by atoms with Gasteiger partial charge in [0.15, 0.2) is 0 Å². The summed E-state index contributed by atoms with van der Waals surface area (Å²) in [7, 11) is 0. The van der Waals surface area contributed by atoms with Crippen LogP contribution >= 0.6 is 0 Å². The normalized spacial score (nSPS) is 21.4. The van der Waals surface area contributed by atoms with Crippen LogP contribution in [0.4, 0.5) is 0 Å². The van der Waals surface area contributed by atoms with E-state index < -0.39 is 5.97 Å². The molecule has 17 heavy (non-hydrogen) atoms. The summed E-state index contributed by atoms with van der Waals surface area (Å²) in [6.45, 7) is 3.31. The third-order valence-electron chi connectivity index (χ3n) is 3.39. The van der Waals surface area contributed by atoms with E-state index in [9.17, 15) is 9.90 Å². The molecule has 2 rings (SSSR count). The first-order chi connectivity index (χ1) is 8.16. The smallest absolute Gasteiger partial charge is 0.307 e. The van der Waals surface area contributed by atoms with Crippen molar-refractivity contribution >= 4 is 5.97 Å². The molecule has 1 aliphatic rings.